The largest absolute Gasteiger partial charge is 0.376 e. The number of hydrogen-bond donors (Lipinski definition) is 0. The van der Waals surface area contributed by atoms with E-state index in [0.29, 0.717) is 6.61 Å². The first-order valence-corrected chi connectivity index (χ1v) is 10.1. The van der Waals surface area contributed by atoms with Crippen molar-refractivity contribution in [2.45, 2.75) is 106 Å². The van der Waals surface area contributed by atoms with Crippen molar-refractivity contribution >= 4 is 0 Å². The van der Waals surface area contributed by atoms with Crippen molar-refractivity contribution in [3.05, 3.63) is 0 Å². The van der Waals surface area contributed by atoms with Crippen molar-refractivity contribution in [3.63, 3.8) is 0 Å². The van der Waals surface area contributed by atoms with E-state index in [1.54, 1.807) is 7.11 Å². The molecule has 0 amide bonds. The summed E-state index contributed by atoms with van der Waals surface area (Å²) in [6, 6.07) is 0. The van der Waals surface area contributed by atoms with Gasteiger partial charge in [-0.05, 0) is 25.7 Å². The van der Waals surface area contributed by atoms with Crippen LogP contribution in [0.2, 0.25) is 0 Å². The average molecular weight is 354 g/mol. The van der Waals surface area contributed by atoms with Gasteiger partial charge in [-0.25, -0.2) is 0 Å². The SMILES string of the molecule is CO[C@H]1C([C@H]2COC3(CCCCC3)O2)O[C@@H]2OC3(CCCCC3)O[C@@H]21. The molecule has 0 radical (unpaired) electrons. The molecule has 0 aromatic heterocycles. The lowest BCUT2D eigenvalue weighted by Gasteiger charge is -2.35. The highest BCUT2D eigenvalue weighted by atomic mass is 16.8. The van der Waals surface area contributed by atoms with Crippen LogP contribution in [0.3, 0.4) is 0 Å². The molecule has 0 aromatic carbocycles. The molecular formula is C19H30O6. The lowest BCUT2D eigenvalue weighted by atomic mass is 9.94. The molecule has 5 aliphatic rings. The van der Waals surface area contributed by atoms with Gasteiger partial charge >= 0.3 is 0 Å². The third kappa shape index (κ3) is 2.86. The van der Waals surface area contributed by atoms with Crippen LogP contribution in [0.5, 0.6) is 0 Å². The van der Waals surface area contributed by atoms with Crippen molar-refractivity contribution in [3.8, 4) is 0 Å². The highest BCUT2D eigenvalue weighted by molar-refractivity contribution is 5.01. The van der Waals surface area contributed by atoms with E-state index in [1.807, 2.05) is 0 Å². The molecule has 2 saturated carbocycles. The van der Waals surface area contributed by atoms with Crippen LogP contribution in [0.25, 0.3) is 0 Å². The van der Waals surface area contributed by atoms with Crippen LogP contribution >= 0.6 is 0 Å². The third-order valence-electron chi connectivity index (χ3n) is 6.64. The topological polar surface area (TPSA) is 55.4 Å². The van der Waals surface area contributed by atoms with Crippen LogP contribution in [0.1, 0.15) is 64.2 Å². The fourth-order valence-electron chi connectivity index (χ4n) is 5.34. The molecule has 142 valence electrons. The summed E-state index contributed by atoms with van der Waals surface area (Å²) in [5.74, 6) is -0.846. The first-order chi connectivity index (χ1) is 12.2. The first kappa shape index (κ1) is 16.9. The number of rotatable bonds is 2. The highest BCUT2D eigenvalue weighted by Gasteiger charge is 2.61. The Morgan fingerprint density at radius 1 is 0.760 bits per heavy atom. The second kappa shape index (κ2) is 6.43. The van der Waals surface area contributed by atoms with Gasteiger partial charge in [-0.2, -0.15) is 0 Å². The molecule has 5 rings (SSSR count). The first-order valence-electron chi connectivity index (χ1n) is 10.1. The summed E-state index contributed by atoms with van der Waals surface area (Å²) >= 11 is 0. The molecule has 6 nitrogen and oxygen atoms in total. The molecule has 0 N–H and O–H groups in total. The van der Waals surface area contributed by atoms with Gasteiger partial charge in [0.2, 0.25) is 0 Å². The van der Waals surface area contributed by atoms with Gasteiger partial charge in [0.05, 0.1) is 6.61 Å². The predicted octanol–water partition coefficient (Wildman–Crippen LogP) is 2.88. The van der Waals surface area contributed by atoms with E-state index in [9.17, 15) is 0 Å². The van der Waals surface area contributed by atoms with Gasteiger partial charge in [0.15, 0.2) is 17.9 Å². The summed E-state index contributed by atoms with van der Waals surface area (Å²) in [7, 11) is 1.73. The number of hydrogen-bond acceptors (Lipinski definition) is 6. The van der Waals surface area contributed by atoms with Crippen LogP contribution < -0.4 is 0 Å². The van der Waals surface area contributed by atoms with E-state index < -0.39 is 11.6 Å². The van der Waals surface area contributed by atoms with Crippen LogP contribution in [0, 0.1) is 0 Å². The van der Waals surface area contributed by atoms with Crippen LogP contribution in [-0.2, 0) is 28.4 Å². The molecule has 25 heavy (non-hydrogen) atoms. The third-order valence-corrected chi connectivity index (χ3v) is 6.64. The second-order valence-electron chi connectivity index (χ2n) is 8.28. The fourth-order valence-corrected chi connectivity index (χ4v) is 5.34. The van der Waals surface area contributed by atoms with E-state index >= 15 is 0 Å². The van der Waals surface area contributed by atoms with E-state index in [-0.39, 0.29) is 30.7 Å². The quantitative estimate of drug-likeness (QED) is 0.760. The maximum atomic E-state index is 6.38. The summed E-state index contributed by atoms with van der Waals surface area (Å²) < 4.78 is 37.1. The van der Waals surface area contributed by atoms with E-state index in [2.05, 4.69) is 0 Å². The van der Waals surface area contributed by atoms with Gasteiger partial charge < -0.3 is 28.4 Å². The summed E-state index contributed by atoms with van der Waals surface area (Å²) in [6.07, 6.45) is 10.1. The Morgan fingerprint density at radius 3 is 2.12 bits per heavy atom. The van der Waals surface area contributed by atoms with Crippen molar-refractivity contribution in [1.82, 2.24) is 0 Å². The summed E-state index contributed by atoms with van der Waals surface area (Å²) in [5.41, 5.74) is 0. The van der Waals surface area contributed by atoms with Crippen LogP contribution in [0.15, 0.2) is 0 Å². The molecule has 0 bridgehead atoms. The van der Waals surface area contributed by atoms with Gasteiger partial charge in [0, 0.05) is 32.8 Å². The summed E-state index contributed by atoms with van der Waals surface area (Å²) in [4.78, 5) is 0. The predicted molar refractivity (Wildman–Crippen MR) is 87.9 cm³/mol. The molecule has 5 atom stereocenters. The normalized spacial score (nSPS) is 45.2. The minimum Gasteiger partial charge on any atom is -0.376 e. The molecule has 0 aromatic rings. The number of ether oxygens (including phenoxy) is 6. The summed E-state index contributed by atoms with van der Waals surface area (Å²) in [5, 5.41) is 0. The minimum atomic E-state index is -0.451. The van der Waals surface area contributed by atoms with Crippen LogP contribution in [0.4, 0.5) is 0 Å². The molecule has 3 heterocycles. The Bertz CT molecular complexity index is 484. The van der Waals surface area contributed by atoms with Crippen LogP contribution in [-0.4, -0.2) is 56.0 Å². The molecule has 3 aliphatic heterocycles. The fraction of sp³-hybridized carbons (Fsp3) is 1.00. The maximum absolute atomic E-state index is 6.38. The number of methoxy groups -OCH3 is 1. The monoisotopic (exact) mass is 354 g/mol. The van der Waals surface area contributed by atoms with Crippen molar-refractivity contribution in [2.75, 3.05) is 13.7 Å². The van der Waals surface area contributed by atoms with Gasteiger partial charge in [0.25, 0.3) is 0 Å². The highest BCUT2D eigenvalue weighted by Crippen LogP contribution is 2.48. The Hall–Kier alpha value is -0.240. The Morgan fingerprint density at radius 2 is 1.44 bits per heavy atom. The van der Waals surface area contributed by atoms with Gasteiger partial charge in [-0.15, -0.1) is 0 Å². The van der Waals surface area contributed by atoms with Gasteiger partial charge in [-0.3, -0.25) is 0 Å². The minimum absolute atomic E-state index is 0.108. The lowest BCUT2D eigenvalue weighted by Crippen LogP contribution is -2.45. The molecule has 2 spiro atoms. The molecule has 2 aliphatic carbocycles. The van der Waals surface area contributed by atoms with Crippen molar-refractivity contribution in [1.29, 1.82) is 0 Å². The number of fused-ring (bicyclic) bond motifs is 1. The Kier molecular flexibility index (Phi) is 4.34. The van der Waals surface area contributed by atoms with Gasteiger partial charge in [-0.1, -0.05) is 12.8 Å². The van der Waals surface area contributed by atoms with Crippen molar-refractivity contribution < 1.29 is 28.4 Å². The molecular weight excluding hydrogens is 324 g/mol. The van der Waals surface area contributed by atoms with Gasteiger partial charge in [0.1, 0.15) is 24.4 Å². The molecule has 3 saturated heterocycles. The Balaban J connectivity index is 1.27. The van der Waals surface area contributed by atoms with Crippen molar-refractivity contribution in [2.24, 2.45) is 0 Å². The zero-order valence-electron chi connectivity index (χ0n) is 15.1. The smallest absolute Gasteiger partial charge is 0.190 e. The lowest BCUT2D eigenvalue weighted by molar-refractivity contribution is -0.261. The molecule has 6 heteroatoms. The Labute approximate surface area is 149 Å². The zero-order chi connectivity index (χ0) is 16.9. The summed E-state index contributed by atoms with van der Waals surface area (Å²) in [6.45, 7) is 0.565. The zero-order valence-corrected chi connectivity index (χ0v) is 15.1. The maximum Gasteiger partial charge on any atom is 0.190 e. The molecule has 1 unspecified atom stereocenters. The van der Waals surface area contributed by atoms with E-state index in [1.165, 1.54) is 25.7 Å². The second-order valence-corrected chi connectivity index (χ2v) is 8.28. The average Bonchev–Trinajstić information content (AvgIpc) is 3.27. The van der Waals surface area contributed by atoms with E-state index in [4.69, 9.17) is 28.4 Å². The molecule has 5 fully saturated rings. The van der Waals surface area contributed by atoms with E-state index in [0.717, 1.165) is 38.5 Å². The standard InChI is InChI=1S/C19H30O6/c1-20-15-14(13-12-21-18(23-13)8-4-2-5-9-18)22-17-16(15)24-19(25-17)10-6-3-7-11-19/h13-17H,2-12H2,1H3/t13-,14?,15+,16-,17-/m1/s1.